The fraction of sp³-hybridized carbons (Fsp3) is 0.526. The van der Waals surface area contributed by atoms with Gasteiger partial charge in [-0.25, -0.2) is 0 Å². The maximum absolute atomic E-state index is 13.6. The molecule has 2 aliphatic rings. The molecule has 1 aromatic carbocycles. The molecular formula is C19H17F6N5O. The van der Waals surface area contributed by atoms with E-state index in [9.17, 15) is 31.1 Å². The van der Waals surface area contributed by atoms with Crippen LogP contribution in [0.15, 0.2) is 18.2 Å². The number of hydrogen-bond acceptors (Lipinski definition) is 5. The molecule has 0 aliphatic carbocycles. The van der Waals surface area contributed by atoms with Gasteiger partial charge in [-0.3, -0.25) is 10.1 Å². The van der Waals surface area contributed by atoms with Gasteiger partial charge in [-0.1, -0.05) is 6.07 Å². The summed E-state index contributed by atoms with van der Waals surface area (Å²) >= 11 is 0. The lowest BCUT2D eigenvalue weighted by Crippen LogP contribution is -2.53. The first kappa shape index (κ1) is 22.7. The van der Waals surface area contributed by atoms with E-state index in [2.05, 4.69) is 5.32 Å². The third-order valence-corrected chi connectivity index (χ3v) is 5.55. The molecular weight excluding hydrogens is 428 g/mol. The fourth-order valence-electron chi connectivity index (χ4n) is 3.99. The van der Waals surface area contributed by atoms with Crippen molar-refractivity contribution >= 4 is 5.91 Å². The minimum absolute atomic E-state index is 0.168. The Labute approximate surface area is 173 Å². The van der Waals surface area contributed by atoms with E-state index in [4.69, 9.17) is 10.5 Å². The molecule has 6 nitrogen and oxygen atoms in total. The average molecular weight is 445 g/mol. The molecule has 2 fully saturated rings. The molecule has 1 aromatic rings. The van der Waals surface area contributed by atoms with Crippen LogP contribution < -0.4 is 5.32 Å². The second kappa shape index (κ2) is 8.27. The van der Waals surface area contributed by atoms with E-state index in [1.807, 2.05) is 6.19 Å². The van der Waals surface area contributed by atoms with Gasteiger partial charge in [-0.15, -0.1) is 0 Å². The van der Waals surface area contributed by atoms with Gasteiger partial charge in [0.1, 0.15) is 6.04 Å². The summed E-state index contributed by atoms with van der Waals surface area (Å²) in [7, 11) is 0. The van der Waals surface area contributed by atoms with Gasteiger partial charge in [0.2, 0.25) is 5.91 Å². The van der Waals surface area contributed by atoms with Gasteiger partial charge in [0.05, 0.1) is 23.2 Å². The Balaban J connectivity index is 1.87. The monoisotopic (exact) mass is 445 g/mol. The molecule has 1 unspecified atom stereocenters. The lowest BCUT2D eigenvalue weighted by Gasteiger charge is -2.33. The number of carbonyl (C=O) groups excluding carboxylic acids is 1. The molecule has 3 atom stereocenters. The van der Waals surface area contributed by atoms with E-state index in [-0.39, 0.29) is 38.2 Å². The highest BCUT2D eigenvalue weighted by molar-refractivity contribution is 5.82. The summed E-state index contributed by atoms with van der Waals surface area (Å²) in [6.07, 6.45) is -8.12. The first-order chi connectivity index (χ1) is 14.5. The highest BCUT2D eigenvalue weighted by Gasteiger charge is 2.53. The van der Waals surface area contributed by atoms with Gasteiger partial charge in [-0.05, 0) is 24.1 Å². The Morgan fingerprint density at radius 1 is 1.06 bits per heavy atom. The van der Waals surface area contributed by atoms with Crippen LogP contribution in [0.3, 0.4) is 0 Å². The number of piperazine rings is 1. The van der Waals surface area contributed by atoms with Gasteiger partial charge in [-0.2, -0.15) is 36.9 Å². The molecule has 2 saturated heterocycles. The molecule has 0 radical (unpaired) electrons. The van der Waals surface area contributed by atoms with Crippen molar-refractivity contribution < 1.29 is 31.1 Å². The Hall–Kier alpha value is -2.99. The summed E-state index contributed by atoms with van der Waals surface area (Å²) in [6.45, 7) is 0.847. The fourth-order valence-corrected chi connectivity index (χ4v) is 3.99. The third kappa shape index (κ3) is 4.69. The number of alkyl halides is 6. The van der Waals surface area contributed by atoms with Gasteiger partial charge in [0.15, 0.2) is 6.19 Å². The number of amides is 1. The van der Waals surface area contributed by atoms with Crippen LogP contribution >= 0.6 is 0 Å². The van der Waals surface area contributed by atoms with Crippen LogP contribution in [0.1, 0.15) is 29.0 Å². The lowest BCUT2D eigenvalue weighted by atomic mass is 9.88. The van der Waals surface area contributed by atoms with E-state index in [1.54, 1.807) is 0 Å². The van der Waals surface area contributed by atoms with E-state index in [0.717, 1.165) is 12.1 Å². The predicted octanol–water partition coefficient (Wildman–Crippen LogP) is 2.58. The second-order valence-corrected chi connectivity index (χ2v) is 7.41. The van der Waals surface area contributed by atoms with Crippen molar-refractivity contribution in [3.63, 3.8) is 0 Å². The highest BCUT2D eigenvalue weighted by Crippen LogP contribution is 2.42. The van der Waals surface area contributed by atoms with Gasteiger partial charge < -0.3 is 9.80 Å². The van der Waals surface area contributed by atoms with E-state index in [0.29, 0.717) is 6.07 Å². The highest BCUT2D eigenvalue weighted by atomic mass is 19.4. The van der Waals surface area contributed by atoms with Gasteiger partial charge in [0.25, 0.3) is 0 Å². The molecule has 31 heavy (non-hydrogen) atoms. The Morgan fingerprint density at radius 3 is 2.23 bits per heavy atom. The lowest BCUT2D eigenvalue weighted by molar-refractivity contribution is -0.156. The van der Waals surface area contributed by atoms with E-state index >= 15 is 0 Å². The van der Waals surface area contributed by atoms with E-state index in [1.165, 1.54) is 15.9 Å². The summed E-state index contributed by atoms with van der Waals surface area (Å²) in [5.74, 6) is -2.01. The number of carbonyl (C=O) groups is 1. The van der Waals surface area contributed by atoms with Gasteiger partial charge >= 0.3 is 12.4 Å². The van der Waals surface area contributed by atoms with Crippen LogP contribution in [-0.4, -0.2) is 60.1 Å². The number of halogens is 6. The normalized spacial score (nSPS) is 24.6. The number of nitriles is 2. The zero-order chi connectivity index (χ0) is 23.0. The largest absolute Gasteiger partial charge is 0.417 e. The Morgan fingerprint density at radius 2 is 1.71 bits per heavy atom. The number of nitrogens with one attached hydrogen (secondary N) is 1. The quantitative estimate of drug-likeness (QED) is 0.559. The van der Waals surface area contributed by atoms with Crippen LogP contribution in [0.25, 0.3) is 0 Å². The van der Waals surface area contributed by atoms with Crippen LogP contribution in [0.4, 0.5) is 26.3 Å². The van der Waals surface area contributed by atoms with Crippen molar-refractivity contribution in [2.75, 3.05) is 26.2 Å². The minimum atomic E-state index is -4.91. The van der Waals surface area contributed by atoms with Crippen molar-refractivity contribution in [1.29, 1.82) is 10.5 Å². The smallest absolute Gasteiger partial charge is 0.338 e. The van der Waals surface area contributed by atoms with Crippen molar-refractivity contribution in [1.82, 2.24) is 15.1 Å². The Bertz CT molecular complexity index is 924. The first-order valence-electron chi connectivity index (χ1n) is 9.33. The summed E-state index contributed by atoms with van der Waals surface area (Å²) in [6, 6.07) is 0.429. The molecule has 3 rings (SSSR count). The molecule has 0 spiro atoms. The molecule has 2 heterocycles. The number of nitrogens with zero attached hydrogens (tertiary/aromatic N) is 4. The summed E-state index contributed by atoms with van der Waals surface area (Å²) in [5, 5.41) is 20.0. The van der Waals surface area contributed by atoms with Crippen molar-refractivity contribution in [2.24, 2.45) is 0 Å². The zero-order valence-corrected chi connectivity index (χ0v) is 16.0. The molecule has 2 aliphatic heterocycles. The average Bonchev–Trinajstić information content (AvgIpc) is 3.18. The second-order valence-electron chi connectivity index (χ2n) is 7.41. The summed E-state index contributed by atoms with van der Waals surface area (Å²) in [5.41, 5.74) is -2.24. The van der Waals surface area contributed by atoms with Crippen LogP contribution in [-0.2, 0) is 11.0 Å². The zero-order valence-electron chi connectivity index (χ0n) is 16.0. The number of hydrogen-bond donors (Lipinski definition) is 1. The molecule has 1 amide bonds. The first-order valence-corrected chi connectivity index (χ1v) is 9.33. The SMILES string of the molecule is N#Cc1ccc(C2C[C@@H](C(=O)N3CCN(C#N)CC3)N[C@H]2C(F)(F)F)cc1C(F)(F)F. The van der Waals surface area contributed by atoms with E-state index < -0.39 is 47.4 Å². The van der Waals surface area contributed by atoms with Crippen molar-refractivity contribution in [3.05, 3.63) is 34.9 Å². The maximum atomic E-state index is 13.6. The molecule has 0 aromatic heterocycles. The topological polar surface area (TPSA) is 83.2 Å². The maximum Gasteiger partial charge on any atom is 0.417 e. The molecule has 1 N–H and O–H groups in total. The van der Waals surface area contributed by atoms with Crippen LogP contribution in [0.5, 0.6) is 0 Å². The number of rotatable bonds is 2. The van der Waals surface area contributed by atoms with Gasteiger partial charge in [0, 0.05) is 32.1 Å². The molecule has 166 valence electrons. The number of benzene rings is 1. The molecule has 0 saturated carbocycles. The predicted molar refractivity (Wildman–Crippen MR) is 94.0 cm³/mol. The summed E-state index contributed by atoms with van der Waals surface area (Å²) < 4.78 is 80.7. The van der Waals surface area contributed by atoms with Crippen molar-refractivity contribution in [3.8, 4) is 12.3 Å². The third-order valence-electron chi connectivity index (χ3n) is 5.55. The van der Waals surface area contributed by atoms with Crippen molar-refractivity contribution in [2.45, 2.75) is 36.8 Å². The van der Waals surface area contributed by atoms with Crippen LogP contribution in [0, 0.1) is 22.8 Å². The minimum Gasteiger partial charge on any atom is -0.338 e. The summed E-state index contributed by atoms with van der Waals surface area (Å²) in [4.78, 5) is 15.5. The van der Waals surface area contributed by atoms with Crippen LogP contribution in [0.2, 0.25) is 0 Å². The molecule has 0 bridgehead atoms. The standard InChI is InChI=1S/C19H17F6N5O/c20-18(21,22)14-7-11(1-2-12(14)9-26)13-8-15(28-16(13)19(23,24)25)17(31)30-5-3-29(10-27)4-6-30/h1-2,7,13,15-16,28H,3-6,8H2/t13?,15-,16+/m0/s1. The molecule has 12 heteroatoms. The Kier molecular flexibility index (Phi) is 6.05.